The molecule has 1 aromatic rings. The second-order valence-electron chi connectivity index (χ2n) is 8.38. The highest BCUT2D eigenvalue weighted by molar-refractivity contribution is 6.34. The van der Waals surface area contributed by atoms with Gasteiger partial charge in [0.05, 0.1) is 17.3 Å². The van der Waals surface area contributed by atoms with E-state index in [0.29, 0.717) is 17.3 Å². The monoisotopic (exact) mass is 351 g/mol. The first-order valence-corrected chi connectivity index (χ1v) is 9.48. The Labute approximate surface area is 147 Å². The fraction of sp³-hybridized carbons (Fsp3) is 0.778. The molecule has 0 saturated heterocycles. The van der Waals surface area contributed by atoms with Gasteiger partial charge in [-0.15, -0.1) is 0 Å². The van der Waals surface area contributed by atoms with Crippen molar-refractivity contribution in [1.29, 1.82) is 0 Å². The van der Waals surface area contributed by atoms with Crippen LogP contribution in [0.4, 0.5) is 0 Å². The molecule has 4 bridgehead atoms. The summed E-state index contributed by atoms with van der Waals surface area (Å²) in [5, 5.41) is 16.7. The van der Waals surface area contributed by atoms with Gasteiger partial charge in [-0.2, -0.15) is 5.10 Å². The quantitative estimate of drug-likeness (QED) is 0.856. The maximum atomic E-state index is 12.9. The molecule has 1 aromatic heterocycles. The van der Waals surface area contributed by atoms with Gasteiger partial charge < -0.3 is 10.0 Å². The van der Waals surface area contributed by atoms with E-state index in [0.717, 1.165) is 24.3 Å². The second kappa shape index (κ2) is 6.03. The van der Waals surface area contributed by atoms with Gasteiger partial charge in [-0.1, -0.05) is 11.6 Å². The summed E-state index contributed by atoms with van der Waals surface area (Å²) in [4.78, 5) is 14.7. The summed E-state index contributed by atoms with van der Waals surface area (Å²) in [6, 6.07) is 0. The van der Waals surface area contributed by atoms with Crippen molar-refractivity contribution in [2.45, 2.75) is 45.4 Å². The van der Waals surface area contributed by atoms with E-state index in [4.69, 9.17) is 11.6 Å². The number of aliphatic hydroxyl groups excluding tert-OH is 1. The zero-order valence-corrected chi connectivity index (χ0v) is 15.0. The smallest absolute Gasteiger partial charge is 0.276 e. The molecule has 2 N–H and O–H groups in total. The fourth-order valence-corrected chi connectivity index (χ4v) is 6.13. The van der Waals surface area contributed by atoms with E-state index in [1.165, 1.54) is 38.5 Å². The highest BCUT2D eigenvalue weighted by atomic mass is 35.5. The first-order chi connectivity index (χ1) is 11.5. The van der Waals surface area contributed by atoms with Gasteiger partial charge in [0.2, 0.25) is 0 Å². The van der Waals surface area contributed by atoms with Crippen LogP contribution in [0.1, 0.15) is 54.7 Å². The minimum Gasteiger partial charge on any atom is -0.395 e. The summed E-state index contributed by atoms with van der Waals surface area (Å²) in [7, 11) is 0. The highest BCUT2D eigenvalue weighted by Crippen LogP contribution is 2.60. The average Bonchev–Trinajstić information content (AvgIpc) is 2.84. The number of nitrogens with zero attached hydrogens (tertiary/aromatic N) is 2. The maximum Gasteiger partial charge on any atom is 0.276 e. The zero-order valence-electron chi connectivity index (χ0n) is 14.2. The van der Waals surface area contributed by atoms with E-state index in [1.807, 2.05) is 6.92 Å². The van der Waals surface area contributed by atoms with E-state index < -0.39 is 0 Å². The molecule has 0 aliphatic heterocycles. The molecular formula is C18H26ClN3O2. The van der Waals surface area contributed by atoms with E-state index >= 15 is 0 Å². The topological polar surface area (TPSA) is 69.2 Å². The number of nitrogens with one attached hydrogen (secondary N) is 1. The average molecular weight is 352 g/mol. The van der Waals surface area contributed by atoms with Crippen molar-refractivity contribution >= 4 is 17.5 Å². The van der Waals surface area contributed by atoms with E-state index in [1.54, 1.807) is 4.90 Å². The predicted octanol–water partition coefficient (Wildman–Crippen LogP) is 3.02. The van der Waals surface area contributed by atoms with E-state index in [-0.39, 0.29) is 23.6 Å². The van der Waals surface area contributed by atoms with Gasteiger partial charge in [-0.05, 0) is 68.6 Å². The third-order valence-electron chi connectivity index (χ3n) is 6.42. The number of carbonyl (C=O) groups is 1. The molecule has 4 aliphatic rings. The van der Waals surface area contributed by atoms with Crippen LogP contribution in [0.25, 0.3) is 0 Å². The zero-order chi connectivity index (χ0) is 16.9. The Balaban J connectivity index is 1.55. The van der Waals surface area contributed by atoms with Crippen LogP contribution < -0.4 is 0 Å². The Morgan fingerprint density at radius 1 is 1.29 bits per heavy atom. The largest absolute Gasteiger partial charge is 0.395 e. The molecular weight excluding hydrogens is 326 g/mol. The molecule has 0 unspecified atom stereocenters. The van der Waals surface area contributed by atoms with Gasteiger partial charge >= 0.3 is 0 Å². The number of carbonyl (C=O) groups excluding carboxylic acids is 1. The lowest BCUT2D eigenvalue weighted by molar-refractivity contribution is -0.0662. The van der Waals surface area contributed by atoms with Gasteiger partial charge in [-0.25, -0.2) is 0 Å². The second-order valence-corrected chi connectivity index (χ2v) is 8.76. The minimum absolute atomic E-state index is 0.0286. The molecule has 1 heterocycles. The number of hydrogen-bond acceptors (Lipinski definition) is 3. The van der Waals surface area contributed by atoms with E-state index in [2.05, 4.69) is 10.2 Å². The molecule has 0 aromatic carbocycles. The van der Waals surface area contributed by atoms with Crippen LogP contribution in [0.5, 0.6) is 0 Å². The van der Waals surface area contributed by atoms with Crippen LogP contribution in [0.2, 0.25) is 5.02 Å². The summed E-state index contributed by atoms with van der Waals surface area (Å²) in [6.07, 6.45) is 7.87. The molecule has 6 heteroatoms. The van der Waals surface area contributed by atoms with Gasteiger partial charge in [0.25, 0.3) is 5.91 Å². The standard InChI is InChI=1S/C18H26ClN3O2/c1-11-15(19)16(21-20-11)17(24)22(2-3-23)10-18-7-12-4-13(8-18)6-14(5-12)9-18/h12-14,23H,2-10H2,1H3,(H,20,21). The lowest BCUT2D eigenvalue weighted by Crippen LogP contribution is -2.52. The van der Waals surface area contributed by atoms with Crippen LogP contribution in [0.3, 0.4) is 0 Å². The number of aromatic amines is 1. The van der Waals surface area contributed by atoms with Gasteiger partial charge in [0.1, 0.15) is 0 Å². The molecule has 132 valence electrons. The highest BCUT2D eigenvalue weighted by Gasteiger charge is 2.51. The third kappa shape index (κ3) is 2.76. The van der Waals surface area contributed by atoms with Crippen molar-refractivity contribution in [2.24, 2.45) is 23.2 Å². The van der Waals surface area contributed by atoms with Crippen LogP contribution >= 0.6 is 11.6 Å². The summed E-state index contributed by atoms with van der Waals surface area (Å²) >= 11 is 6.22. The molecule has 4 fully saturated rings. The minimum atomic E-state index is -0.158. The van der Waals surface area contributed by atoms with Crippen LogP contribution in [0, 0.1) is 30.1 Å². The van der Waals surface area contributed by atoms with Crippen molar-refractivity contribution in [3.05, 3.63) is 16.4 Å². The van der Waals surface area contributed by atoms with Crippen LogP contribution in [0.15, 0.2) is 0 Å². The summed E-state index contributed by atoms with van der Waals surface area (Å²) in [6.45, 7) is 2.86. The Morgan fingerprint density at radius 3 is 2.33 bits per heavy atom. The Bertz CT molecular complexity index is 607. The van der Waals surface area contributed by atoms with Gasteiger partial charge in [0.15, 0.2) is 5.69 Å². The predicted molar refractivity (Wildman–Crippen MR) is 91.9 cm³/mol. The normalized spacial score (nSPS) is 33.9. The van der Waals surface area contributed by atoms with Gasteiger partial charge in [0, 0.05) is 13.1 Å². The first kappa shape index (κ1) is 16.4. The Hall–Kier alpha value is -1.07. The van der Waals surface area contributed by atoms with Crippen molar-refractivity contribution in [3.63, 3.8) is 0 Å². The molecule has 4 aliphatic carbocycles. The number of H-pyrrole nitrogens is 1. The summed E-state index contributed by atoms with van der Waals surface area (Å²) < 4.78 is 0. The van der Waals surface area contributed by atoms with Crippen molar-refractivity contribution in [1.82, 2.24) is 15.1 Å². The van der Waals surface area contributed by atoms with E-state index in [9.17, 15) is 9.90 Å². The number of rotatable bonds is 5. The summed E-state index contributed by atoms with van der Waals surface area (Å²) in [5.74, 6) is 2.38. The number of amides is 1. The fourth-order valence-electron chi connectivity index (χ4n) is 5.97. The van der Waals surface area contributed by atoms with Gasteiger partial charge in [-0.3, -0.25) is 9.89 Å². The summed E-state index contributed by atoms with van der Waals surface area (Å²) in [5.41, 5.74) is 1.24. The lowest BCUT2D eigenvalue weighted by atomic mass is 9.49. The van der Waals surface area contributed by atoms with Crippen molar-refractivity contribution < 1.29 is 9.90 Å². The molecule has 1 amide bonds. The third-order valence-corrected chi connectivity index (χ3v) is 6.89. The number of aromatic nitrogens is 2. The molecule has 24 heavy (non-hydrogen) atoms. The molecule has 5 nitrogen and oxygen atoms in total. The molecule has 0 radical (unpaired) electrons. The van der Waals surface area contributed by atoms with Crippen LogP contribution in [-0.4, -0.2) is 45.8 Å². The molecule has 4 saturated carbocycles. The molecule has 0 atom stereocenters. The Morgan fingerprint density at radius 2 is 1.88 bits per heavy atom. The van der Waals surface area contributed by atoms with Crippen molar-refractivity contribution in [3.8, 4) is 0 Å². The lowest BCUT2D eigenvalue weighted by Gasteiger charge is -2.57. The number of aryl methyl sites for hydroxylation is 1. The maximum absolute atomic E-state index is 12.9. The number of hydrogen-bond donors (Lipinski definition) is 2. The Kier molecular flexibility index (Phi) is 4.12. The number of halogens is 1. The molecule has 5 rings (SSSR count). The number of aliphatic hydroxyl groups is 1. The first-order valence-electron chi connectivity index (χ1n) is 9.10. The van der Waals surface area contributed by atoms with Crippen LogP contribution in [-0.2, 0) is 0 Å². The van der Waals surface area contributed by atoms with Crippen molar-refractivity contribution in [2.75, 3.05) is 19.7 Å². The molecule has 0 spiro atoms. The SMILES string of the molecule is Cc1[nH]nc(C(=O)N(CCO)CC23CC4CC(CC(C4)C2)C3)c1Cl.